The van der Waals surface area contributed by atoms with Gasteiger partial charge >= 0.3 is 11.9 Å². The molecule has 0 aliphatic rings. The molecule has 8 heteroatoms. The molecule has 0 rings (SSSR count). The van der Waals surface area contributed by atoms with Crippen molar-refractivity contribution in [2.24, 2.45) is 5.73 Å². The number of hydrogen-bond acceptors (Lipinski definition) is 5. The Morgan fingerprint density at radius 2 is 1.82 bits per heavy atom. The molecule has 6 N–H and O–H groups in total. The second-order valence-electron chi connectivity index (χ2n) is 3.54. The van der Waals surface area contributed by atoms with Crippen LogP contribution in [-0.2, 0) is 14.4 Å². The van der Waals surface area contributed by atoms with Gasteiger partial charge in [-0.15, -0.1) is 0 Å². The number of carboxylic acid groups (broad SMARTS) is 2. The van der Waals surface area contributed by atoms with Crippen molar-refractivity contribution in [2.75, 3.05) is 6.54 Å². The Kier molecular flexibility index (Phi) is 6.83. The summed E-state index contributed by atoms with van der Waals surface area (Å²) >= 11 is 0. The Labute approximate surface area is 97.4 Å². The van der Waals surface area contributed by atoms with Crippen molar-refractivity contribution in [3.63, 3.8) is 0 Å². The first kappa shape index (κ1) is 15.3. The van der Waals surface area contributed by atoms with Crippen LogP contribution in [0.15, 0.2) is 0 Å². The van der Waals surface area contributed by atoms with E-state index in [1.54, 1.807) is 0 Å². The lowest BCUT2D eigenvalue weighted by Gasteiger charge is -2.10. The van der Waals surface area contributed by atoms with Crippen molar-refractivity contribution in [1.29, 1.82) is 0 Å². The number of aliphatic hydroxyl groups is 1. The summed E-state index contributed by atoms with van der Waals surface area (Å²) in [5.74, 6) is -2.84. The molecule has 2 atom stereocenters. The van der Waals surface area contributed by atoms with Crippen molar-refractivity contribution in [3.8, 4) is 0 Å². The van der Waals surface area contributed by atoms with Crippen molar-refractivity contribution in [2.45, 2.75) is 31.4 Å². The number of amides is 1. The molecule has 0 spiro atoms. The Morgan fingerprint density at radius 3 is 2.29 bits per heavy atom. The summed E-state index contributed by atoms with van der Waals surface area (Å²) in [6.45, 7) is -0.187. The van der Waals surface area contributed by atoms with E-state index in [1.807, 2.05) is 0 Å². The summed E-state index contributed by atoms with van der Waals surface area (Å²) < 4.78 is 0. The van der Waals surface area contributed by atoms with Crippen molar-refractivity contribution in [1.82, 2.24) is 5.32 Å². The minimum atomic E-state index is -1.19. The Bertz CT molecular complexity index is 293. The molecule has 1 amide bonds. The summed E-state index contributed by atoms with van der Waals surface area (Å²) in [4.78, 5) is 31.7. The molecular formula is C9H16N2O6. The molecule has 0 bridgehead atoms. The van der Waals surface area contributed by atoms with Crippen LogP contribution in [0.5, 0.6) is 0 Å². The number of rotatable bonds is 8. The van der Waals surface area contributed by atoms with E-state index in [0.717, 1.165) is 0 Å². The first-order valence-electron chi connectivity index (χ1n) is 4.98. The van der Waals surface area contributed by atoms with E-state index in [4.69, 9.17) is 21.1 Å². The molecule has 0 saturated carbocycles. The van der Waals surface area contributed by atoms with Gasteiger partial charge in [0.15, 0.2) is 0 Å². The average Bonchev–Trinajstić information content (AvgIpc) is 2.21. The lowest BCUT2D eigenvalue weighted by molar-refractivity contribution is -0.140. The van der Waals surface area contributed by atoms with Crippen LogP contribution in [0, 0.1) is 0 Å². The number of carbonyl (C=O) groups excluding carboxylic acids is 1. The smallest absolute Gasteiger partial charge is 0.320 e. The van der Waals surface area contributed by atoms with Crippen LogP contribution >= 0.6 is 0 Å². The van der Waals surface area contributed by atoms with E-state index in [0.29, 0.717) is 0 Å². The summed E-state index contributed by atoms with van der Waals surface area (Å²) in [6, 6.07) is -1.11. The van der Waals surface area contributed by atoms with Crippen LogP contribution in [-0.4, -0.2) is 51.9 Å². The maximum Gasteiger partial charge on any atom is 0.320 e. The molecule has 0 aromatic heterocycles. The van der Waals surface area contributed by atoms with E-state index in [-0.39, 0.29) is 19.4 Å². The number of hydrogen-bond donors (Lipinski definition) is 5. The van der Waals surface area contributed by atoms with Gasteiger partial charge in [-0.1, -0.05) is 0 Å². The molecule has 17 heavy (non-hydrogen) atoms. The van der Waals surface area contributed by atoms with Crippen molar-refractivity contribution >= 4 is 17.8 Å². The standard InChI is InChI=1S/C9H16N2O6/c10-6(9(16)17)1-2-7(13)11-4-5(12)3-8(14)15/h5-6,12H,1-4,10H2,(H,11,13)(H,14,15)(H,16,17)/t5-,6-/m0/s1. The highest BCUT2D eigenvalue weighted by Crippen LogP contribution is 1.95. The van der Waals surface area contributed by atoms with Crippen LogP contribution in [0.25, 0.3) is 0 Å². The lowest BCUT2D eigenvalue weighted by atomic mass is 10.1. The first-order chi connectivity index (χ1) is 7.82. The fourth-order valence-corrected chi connectivity index (χ4v) is 1.00. The summed E-state index contributed by atoms with van der Waals surface area (Å²) in [6.07, 6.45) is -1.73. The van der Waals surface area contributed by atoms with Gasteiger partial charge in [-0.2, -0.15) is 0 Å². The zero-order valence-corrected chi connectivity index (χ0v) is 9.13. The van der Waals surface area contributed by atoms with E-state index in [1.165, 1.54) is 0 Å². The number of carboxylic acids is 2. The normalized spacial score (nSPS) is 13.8. The molecule has 0 aromatic carbocycles. The zero-order chi connectivity index (χ0) is 13.4. The third-order valence-corrected chi connectivity index (χ3v) is 1.94. The van der Waals surface area contributed by atoms with Gasteiger partial charge in [-0.25, -0.2) is 0 Å². The van der Waals surface area contributed by atoms with Gasteiger partial charge < -0.3 is 26.4 Å². The molecule has 8 nitrogen and oxygen atoms in total. The zero-order valence-electron chi connectivity index (χ0n) is 9.13. The van der Waals surface area contributed by atoms with Crippen molar-refractivity contribution in [3.05, 3.63) is 0 Å². The van der Waals surface area contributed by atoms with Gasteiger partial charge in [0.05, 0.1) is 12.5 Å². The predicted octanol–water partition coefficient (Wildman–Crippen LogP) is -1.87. The van der Waals surface area contributed by atoms with Crippen LogP contribution in [0.2, 0.25) is 0 Å². The van der Waals surface area contributed by atoms with Crippen LogP contribution < -0.4 is 11.1 Å². The van der Waals surface area contributed by atoms with Gasteiger partial charge in [0, 0.05) is 13.0 Å². The van der Waals surface area contributed by atoms with Gasteiger partial charge in [0.25, 0.3) is 0 Å². The van der Waals surface area contributed by atoms with Crippen LogP contribution in [0.4, 0.5) is 0 Å². The number of nitrogens with two attached hydrogens (primary N) is 1. The minimum Gasteiger partial charge on any atom is -0.481 e. The number of aliphatic hydroxyl groups excluding tert-OH is 1. The highest BCUT2D eigenvalue weighted by molar-refractivity contribution is 5.78. The Morgan fingerprint density at radius 1 is 1.24 bits per heavy atom. The largest absolute Gasteiger partial charge is 0.481 e. The summed E-state index contributed by atoms with van der Waals surface area (Å²) in [7, 11) is 0. The lowest BCUT2D eigenvalue weighted by Crippen LogP contribution is -2.35. The molecule has 0 aliphatic carbocycles. The highest BCUT2D eigenvalue weighted by atomic mass is 16.4. The quantitative estimate of drug-likeness (QED) is 0.337. The molecule has 0 radical (unpaired) electrons. The fourth-order valence-electron chi connectivity index (χ4n) is 1.00. The molecule has 0 aromatic rings. The third kappa shape index (κ3) is 8.17. The van der Waals surface area contributed by atoms with Crippen LogP contribution in [0.1, 0.15) is 19.3 Å². The number of carbonyl (C=O) groups is 3. The Balaban J connectivity index is 3.73. The SMILES string of the molecule is N[C@@H](CCC(=O)NC[C@@H](O)CC(=O)O)C(=O)O. The third-order valence-electron chi connectivity index (χ3n) is 1.94. The predicted molar refractivity (Wildman–Crippen MR) is 56.1 cm³/mol. The second kappa shape index (κ2) is 7.58. The molecule has 0 aliphatic heterocycles. The molecule has 0 saturated heterocycles. The van der Waals surface area contributed by atoms with Crippen LogP contribution in [0.3, 0.4) is 0 Å². The van der Waals surface area contributed by atoms with Gasteiger partial charge in [-0.05, 0) is 6.42 Å². The molecular weight excluding hydrogens is 232 g/mol. The monoisotopic (exact) mass is 248 g/mol. The maximum atomic E-state index is 11.1. The topological polar surface area (TPSA) is 150 Å². The number of aliphatic carboxylic acids is 2. The molecule has 0 unspecified atom stereocenters. The highest BCUT2D eigenvalue weighted by Gasteiger charge is 2.14. The van der Waals surface area contributed by atoms with Gasteiger partial charge in [-0.3, -0.25) is 14.4 Å². The second-order valence-corrected chi connectivity index (χ2v) is 3.54. The van der Waals surface area contributed by atoms with E-state index < -0.39 is 36.4 Å². The fraction of sp³-hybridized carbons (Fsp3) is 0.667. The van der Waals surface area contributed by atoms with Crippen molar-refractivity contribution < 1.29 is 29.7 Å². The van der Waals surface area contributed by atoms with E-state index in [9.17, 15) is 14.4 Å². The average molecular weight is 248 g/mol. The summed E-state index contributed by atoms with van der Waals surface area (Å²) in [5.41, 5.74) is 5.18. The van der Waals surface area contributed by atoms with E-state index in [2.05, 4.69) is 5.32 Å². The molecule has 0 heterocycles. The summed E-state index contributed by atoms with van der Waals surface area (Å²) in [5, 5.41) is 28.2. The van der Waals surface area contributed by atoms with E-state index >= 15 is 0 Å². The van der Waals surface area contributed by atoms with Gasteiger partial charge in [0.2, 0.25) is 5.91 Å². The first-order valence-corrected chi connectivity index (χ1v) is 4.98. The Hall–Kier alpha value is -1.67. The minimum absolute atomic E-state index is 0.0177. The molecule has 0 fully saturated rings. The number of nitrogens with one attached hydrogen (secondary N) is 1. The van der Waals surface area contributed by atoms with Gasteiger partial charge in [0.1, 0.15) is 6.04 Å². The maximum absolute atomic E-state index is 11.1. The molecule has 98 valence electrons.